The van der Waals surface area contributed by atoms with Gasteiger partial charge in [-0.25, -0.2) is 4.57 Å². The maximum Gasteiger partial charge on any atom is 0.474 e. The van der Waals surface area contributed by atoms with Crippen LogP contribution in [0.15, 0.2) is 0 Å². The average molecular weight is 326 g/mol. The number of alkyl halides is 2. The molecule has 0 aromatic carbocycles. The SMILES string of the molecule is COP(=O)(OC)OC[C@H](Br)CBr. The van der Waals surface area contributed by atoms with E-state index in [1.54, 1.807) is 0 Å². The molecule has 0 unspecified atom stereocenters. The predicted molar refractivity (Wildman–Crippen MR) is 54.1 cm³/mol. The van der Waals surface area contributed by atoms with E-state index in [0.717, 1.165) is 0 Å². The topological polar surface area (TPSA) is 44.8 Å². The Morgan fingerprint density at radius 1 is 1.42 bits per heavy atom. The van der Waals surface area contributed by atoms with E-state index >= 15 is 0 Å². The van der Waals surface area contributed by atoms with Gasteiger partial charge in [-0.1, -0.05) is 31.9 Å². The molecule has 0 spiro atoms. The average Bonchev–Trinajstić information content (AvgIpc) is 2.13. The van der Waals surface area contributed by atoms with Crippen molar-refractivity contribution in [3.8, 4) is 0 Å². The van der Waals surface area contributed by atoms with Crippen LogP contribution >= 0.6 is 39.7 Å². The van der Waals surface area contributed by atoms with E-state index in [-0.39, 0.29) is 11.4 Å². The van der Waals surface area contributed by atoms with Crippen LogP contribution in [0.3, 0.4) is 0 Å². The Morgan fingerprint density at radius 3 is 2.25 bits per heavy atom. The van der Waals surface area contributed by atoms with Crippen molar-refractivity contribution in [1.29, 1.82) is 0 Å². The Balaban J connectivity index is 3.81. The number of rotatable bonds is 6. The van der Waals surface area contributed by atoms with E-state index in [4.69, 9.17) is 4.52 Å². The zero-order valence-corrected chi connectivity index (χ0v) is 10.9. The number of phosphoric ester groups is 1. The second-order valence-electron chi connectivity index (χ2n) is 1.86. The molecule has 0 N–H and O–H groups in total. The van der Waals surface area contributed by atoms with Crippen LogP contribution in [-0.2, 0) is 18.1 Å². The maximum absolute atomic E-state index is 11.3. The summed E-state index contributed by atoms with van der Waals surface area (Å²) in [5.41, 5.74) is 0. The second-order valence-corrected chi connectivity index (χ2v) is 5.69. The molecule has 0 heterocycles. The lowest BCUT2D eigenvalue weighted by molar-refractivity contribution is 0.154. The molecule has 4 nitrogen and oxygen atoms in total. The summed E-state index contributed by atoms with van der Waals surface area (Å²) in [4.78, 5) is 0.0936. The van der Waals surface area contributed by atoms with Gasteiger partial charge in [0.1, 0.15) is 0 Å². The molecule has 0 rings (SSSR count). The van der Waals surface area contributed by atoms with Gasteiger partial charge in [-0.2, -0.15) is 0 Å². The highest BCUT2D eigenvalue weighted by atomic mass is 79.9. The highest BCUT2D eigenvalue weighted by Gasteiger charge is 2.23. The monoisotopic (exact) mass is 324 g/mol. The second kappa shape index (κ2) is 6.51. The Bertz CT molecular complexity index is 158. The minimum Gasteiger partial charge on any atom is -0.290 e. The molecule has 0 aromatic rings. The molecule has 0 aliphatic carbocycles. The Morgan fingerprint density at radius 2 is 1.92 bits per heavy atom. The summed E-state index contributed by atoms with van der Waals surface area (Å²) in [5.74, 6) is 0. The largest absolute Gasteiger partial charge is 0.474 e. The predicted octanol–water partition coefficient (Wildman–Crippen LogP) is 2.56. The summed E-state index contributed by atoms with van der Waals surface area (Å²) in [6, 6.07) is 0. The number of halogens is 2. The molecule has 0 radical (unpaired) electrons. The molecule has 0 fully saturated rings. The normalized spacial score (nSPS) is 14.7. The van der Waals surface area contributed by atoms with Crippen molar-refractivity contribution in [3.05, 3.63) is 0 Å². The van der Waals surface area contributed by atoms with Gasteiger partial charge in [0, 0.05) is 24.4 Å². The third-order valence-corrected chi connectivity index (χ3v) is 4.63. The fraction of sp³-hybridized carbons (Fsp3) is 1.00. The van der Waals surface area contributed by atoms with Crippen LogP contribution in [0.4, 0.5) is 0 Å². The zero-order chi connectivity index (χ0) is 9.61. The summed E-state index contributed by atoms with van der Waals surface area (Å²) in [6.45, 7) is 0.268. The molecule has 12 heavy (non-hydrogen) atoms. The summed E-state index contributed by atoms with van der Waals surface area (Å²) in [7, 11) is -0.740. The molecular formula is C5H11Br2O4P. The zero-order valence-electron chi connectivity index (χ0n) is 6.83. The molecule has 0 saturated carbocycles. The van der Waals surface area contributed by atoms with Crippen LogP contribution in [0.1, 0.15) is 0 Å². The first-order chi connectivity index (χ1) is 5.58. The third kappa shape index (κ3) is 4.94. The van der Waals surface area contributed by atoms with Crippen molar-refractivity contribution in [2.75, 3.05) is 26.2 Å². The molecular weight excluding hydrogens is 315 g/mol. The van der Waals surface area contributed by atoms with E-state index in [1.807, 2.05) is 0 Å². The van der Waals surface area contributed by atoms with Crippen molar-refractivity contribution in [3.63, 3.8) is 0 Å². The molecule has 7 heteroatoms. The molecule has 0 aliphatic rings. The lowest BCUT2D eigenvalue weighted by Crippen LogP contribution is -2.09. The van der Waals surface area contributed by atoms with E-state index in [1.165, 1.54) is 14.2 Å². The highest BCUT2D eigenvalue weighted by molar-refractivity contribution is 9.12. The Kier molecular flexibility index (Phi) is 7.09. The van der Waals surface area contributed by atoms with Crippen LogP contribution in [0.2, 0.25) is 0 Å². The lowest BCUT2D eigenvalue weighted by atomic mass is 10.5. The minimum absolute atomic E-state index is 0.0936. The van der Waals surface area contributed by atoms with Gasteiger partial charge in [-0.05, 0) is 0 Å². The van der Waals surface area contributed by atoms with Gasteiger partial charge in [-0.15, -0.1) is 0 Å². The lowest BCUT2D eigenvalue weighted by Gasteiger charge is -2.14. The first-order valence-corrected chi connectivity index (χ1v) is 6.64. The fourth-order valence-electron chi connectivity index (χ4n) is 0.397. The first-order valence-electron chi connectivity index (χ1n) is 3.14. The van der Waals surface area contributed by atoms with Gasteiger partial charge in [-0.3, -0.25) is 13.6 Å². The van der Waals surface area contributed by atoms with Gasteiger partial charge >= 0.3 is 7.82 Å². The van der Waals surface area contributed by atoms with Gasteiger partial charge < -0.3 is 0 Å². The standard InChI is InChI=1S/C5H11Br2O4P/c1-9-12(8,10-2)11-4-5(7)3-6/h5H,3-4H2,1-2H3/t5-/m1/s1. The Labute approximate surface area is 88.8 Å². The van der Waals surface area contributed by atoms with Crippen molar-refractivity contribution in [2.45, 2.75) is 4.83 Å². The highest BCUT2D eigenvalue weighted by Crippen LogP contribution is 2.47. The van der Waals surface area contributed by atoms with Crippen molar-refractivity contribution in [1.82, 2.24) is 0 Å². The summed E-state index contributed by atoms with van der Waals surface area (Å²) in [5, 5.41) is 0.709. The molecule has 0 aliphatic heterocycles. The van der Waals surface area contributed by atoms with Crippen LogP contribution in [0, 0.1) is 0 Å². The molecule has 0 amide bonds. The van der Waals surface area contributed by atoms with Gasteiger partial charge in [0.05, 0.1) is 6.61 Å². The minimum atomic E-state index is -3.30. The fourth-order valence-corrected chi connectivity index (χ4v) is 1.64. The van der Waals surface area contributed by atoms with Crippen molar-refractivity contribution in [2.24, 2.45) is 0 Å². The van der Waals surface area contributed by atoms with Gasteiger partial charge in [0.15, 0.2) is 0 Å². The number of hydrogen-bond donors (Lipinski definition) is 0. The van der Waals surface area contributed by atoms with Gasteiger partial charge in [0.2, 0.25) is 0 Å². The third-order valence-electron chi connectivity index (χ3n) is 1.03. The number of phosphoric acid groups is 1. The van der Waals surface area contributed by atoms with E-state index in [2.05, 4.69) is 40.9 Å². The summed E-state index contributed by atoms with van der Waals surface area (Å²) >= 11 is 6.51. The Hall–Kier alpha value is 1.07. The van der Waals surface area contributed by atoms with Crippen molar-refractivity contribution < 1.29 is 18.1 Å². The van der Waals surface area contributed by atoms with Gasteiger partial charge in [0.25, 0.3) is 0 Å². The van der Waals surface area contributed by atoms with Crippen LogP contribution < -0.4 is 0 Å². The van der Waals surface area contributed by atoms with E-state index in [9.17, 15) is 4.57 Å². The molecule has 74 valence electrons. The first kappa shape index (κ1) is 13.1. The maximum atomic E-state index is 11.3. The molecule has 0 aromatic heterocycles. The molecule has 1 atom stereocenters. The summed E-state index contributed by atoms with van der Waals surface area (Å²) in [6.07, 6.45) is 0. The summed E-state index contributed by atoms with van der Waals surface area (Å²) < 4.78 is 25.3. The number of hydrogen-bond acceptors (Lipinski definition) is 4. The van der Waals surface area contributed by atoms with E-state index < -0.39 is 7.82 Å². The van der Waals surface area contributed by atoms with E-state index in [0.29, 0.717) is 5.33 Å². The molecule has 0 saturated heterocycles. The smallest absolute Gasteiger partial charge is 0.290 e. The quantitative estimate of drug-likeness (QED) is 0.556. The molecule has 0 bridgehead atoms. The van der Waals surface area contributed by atoms with Crippen molar-refractivity contribution >= 4 is 39.7 Å². The van der Waals surface area contributed by atoms with Crippen LogP contribution in [0.5, 0.6) is 0 Å². The van der Waals surface area contributed by atoms with Crippen LogP contribution in [-0.4, -0.2) is 31.0 Å². The van der Waals surface area contributed by atoms with Crippen LogP contribution in [0.25, 0.3) is 0 Å².